The molecule has 6 heteroatoms. The first-order valence-corrected chi connectivity index (χ1v) is 8.11. The number of hydrogen-bond acceptors (Lipinski definition) is 4. The zero-order chi connectivity index (χ0) is 14.0. The summed E-state index contributed by atoms with van der Waals surface area (Å²) in [6.45, 7) is 5.29. The van der Waals surface area contributed by atoms with Gasteiger partial charge in [-0.05, 0) is 25.8 Å². The summed E-state index contributed by atoms with van der Waals surface area (Å²) in [6, 6.07) is -0.0262. The van der Waals surface area contributed by atoms with E-state index in [1.807, 2.05) is 11.8 Å². The summed E-state index contributed by atoms with van der Waals surface area (Å²) in [7, 11) is 0. The van der Waals surface area contributed by atoms with Gasteiger partial charge in [-0.2, -0.15) is 0 Å². The molecule has 5 nitrogen and oxygen atoms in total. The third-order valence-corrected chi connectivity index (χ3v) is 5.08. The van der Waals surface area contributed by atoms with Crippen LogP contribution in [0.15, 0.2) is 0 Å². The van der Waals surface area contributed by atoms with Crippen LogP contribution in [-0.4, -0.2) is 58.4 Å². The first-order chi connectivity index (χ1) is 9.08. The Morgan fingerprint density at radius 2 is 2.11 bits per heavy atom. The lowest BCUT2D eigenvalue weighted by atomic mass is 10.1. The molecule has 0 aromatic heterocycles. The maximum Gasteiger partial charge on any atom is 0.246 e. The highest BCUT2D eigenvalue weighted by Gasteiger charge is 2.40. The van der Waals surface area contributed by atoms with E-state index in [4.69, 9.17) is 5.73 Å². The Morgan fingerprint density at radius 3 is 2.68 bits per heavy atom. The number of rotatable bonds is 3. The van der Waals surface area contributed by atoms with Crippen molar-refractivity contribution in [2.75, 3.05) is 24.7 Å². The second-order valence-electron chi connectivity index (χ2n) is 5.41. The Hall–Kier alpha value is -0.750. The molecule has 0 radical (unpaired) electrons. The molecule has 2 saturated heterocycles. The number of likely N-dealkylation sites (tertiary alicyclic amines) is 1. The first-order valence-electron chi connectivity index (χ1n) is 6.96. The van der Waals surface area contributed by atoms with E-state index in [1.165, 1.54) is 0 Å². The molecule has 3 atom stereocenters. The van der Waals surface area contributed by atoms with Crippen molar-refractivity contribution < 1.29 is 9.59 Å². The fourth-order valence-electron chi connectivity index (χ4n) is 2.91. The average Bonchev–Trinajstić information content (AvgIpc) is 3.03. The summed E-state index contributed by atoms with van der Waals surface area (Å²) in [4.78, 5) is 28.1. The van der Waals surface area contributed by atoms with Crippen molar-refractivity contribution in [3.63, 3.8) is 0 Å². The predicted octanol–water partition coefficient (Wildman–Crippen LogP) is 0.494. The van der Waals surface area contributed by atoms with Crippen LogP contribution in [0.4, 0.5) is 0 Å². The molecule has 3 unspecified atom stereocenters. The van der Waals surface area contributed by atoms with Crippen LogP contribution >= 0.6 is 11.8 Å². The largest absolute Gasteiger partial charge is 0.338 e. The molecule has 108 valence electrons. The summed E-state index contributed by atoms with van der Waals surface area (Å²) in [5, 5.41) is 0. The van der Waals surface area contributed by atoms with E-state index in [0.29, 0.717) is 24.8 Å². The van der Waals surface area contributed by atoms with Crippen LogP contribution in [-0.2, 0) is 9.59 Å². The minimum absolute atomic E-state index is 0.0746. The lowest BCUT2D eigenvalue weighted by Crippen LogP contribution is -2.50. The van der Waals surface area contributed by atoms with Crippen molar-refractivity contribution in [3.05, 3.63) is 0 Å². The average molecular weight is 285 g/mol. The lowest BCUT2D eigenvalue weighted by Gasteiger charge is -2.29. The molecular weight excluding hydrogens is 262 g/mol. The van der Waals surface area contributed by atoms with Crippen molar-refractivity contribution in [2.45, 2.75) is 38.8 Å². The van der Waals surface area contributed by atoms with E-state index >= 15 is 0 Å². The number of carbonyl (C=O) groups is 2. The second-order valence-corrected chi connectivity index (χ2v) is 6.41. The number of amides is 2. The van der Waals surface area contributed by atoms with Crippen LogP contribution in [0, 0.1) is 5.92 Å². The fourth-order valence-corrected chi connectivity index (χ4v) is 4.08. The van der Waals surface area contributed by atoms with E-state index in [0.717, 1.165) is 18.7 Å². The Balaban J connectivity index is 2.05. The molecule has 2 heterocycles. The molecule has 2 N–H and O–H groups in total. The van der Waals surface area contributed by atoms with Crippen molar-refractivity contribution in [1.82, 2.24) is 9.80 Å². The van der Waals surface area contributed by atoms with E-state index in [1.54, 1.807) is 16.7 Å². The van der Waals surface area contributed by atoms with Gasteiger partial charge < -0.3 is 15.5 Å². The van der Waals surface area contributed by atoms with Gasteiger partial charge in [0, 0.05) is 24.8 Å². The van der Waals surface area contributed by atoms with Gasteiger partial charge in [0.05, 0.1) is 5.88 Å². The maximum absolute atomic E-state index is 12.6. The molecule has 0 aromatic carbocycles. The number of carbonyl (C=O) groups excluding carboxylic acids is 2. The number of thioether (sulfide) groups is 1. The molecule has 2 fully saturated rings. The van der Waals surface area contributed by atoms with Crippen LogP contribution in [0.25, 0.3) is 0 Å². The molecule has 0 aliphatic carbocycles. The molecule has 0 bridgehead atoms. The van der Waals surface area contributed by atoms with Crippen LogP contribution in [0.2, 0.25) is 0 Å². The van der Waals surface area contributed by atoms with E-state index in [-0.39, 0.29) is 23.9 Å². The molecular formula is C13H23N3O2S. The Kier molecular flexibility index (Phi) is 4.73. The quantitative estimate of drug-likeness (QED) is 0.820. The van der Waals surface area contributed by atoms with Gasteiger partial charge in [-0.1, -0.05) is 6.92 Å². The highest BCUT2D eigenvalue weighted by molar-refractivity contribution is 7.99. The van der Waals surface area contributed by atoms with Crippen LogP contribution in [0.3, 0.4) is 0 Å². The van der Waals surface area contributed by atoms with Gasteiger partial charge in [0.15, 0.2) is 0 Å². The summed E-state index contributed by atoms with van der Waals surface area (Å²) in [5.41, 5.74) is 5.70. The molecule has 19 heavy (non-hydrogen) atoms. The first kappa shape index (κ1) is 14.7. The van der Waals surface area contributed by atoms with Gasteiger partial charge >= 0.3 is 0 Å². The van der Waals surface area contributed by atoms with E-state index in [2.05, 4.69) is 6.92 Å². The monoisotopic (exact) mass is 285 g/mol. The zero-order valence-corrected chi connectivity index (χ0v) is 12.5. The Morgan fingerprint density at radius 1 is 1.37 bits per heavy atom. The number of hydrogen-bond donors (Lipinski definition) is 1. The highest BCUT2D eigenvalue weighted by atomic mass is 32.2. The van der Waals surface area contributed by atoms with Gasteiger partial charge in [0.2, 0.25) is 11.8 Å². The lowest BCUT2D eigenvalue weighted by molar-refractivity contribution is -0.143. The summed E-state index contributed by atoms with van der Waals surface area (Å²) in [5.74, 6) is 1.95. The highest BCUT2D eigenvalue weighted by Crippen LogP contribution is 2.28. The molecule has 2 rings (SSSR count). The van der Waals surface area contributed by atoms with Gasteiger partial charge in [-0.25, -0.2) is 0 Å². The van der Waals surface area contributed by atoms with Crippen LogP contribution in [0.1, 0.15) is 26.7 Å². The topological polar surface area (TPSA) is 66.6 Å². The van der Waals surface area contributed by atoms with Gasteiger partial charge in [-0.3, -0.25) is 9.59 Å². The molecule has 0 saturated carbocycles. The molecule has 2 amide bonds. The predicted molar refractivity (Wildman–Crippen MR) is 76.6 cm³/mol. The third kappa shape index (κ3) is 2.89. The van der Waals surface area contributed by atoms with Crippen molar-refractivity contribution >= 4 is 23.6 Å². The summed E-state index contributed by atoms with van der Waals surface area (Å²) >= 11 is 1.66. The van der Waals surface area contributed by atoms with Crippen molar-refractivity contribution in [2.24, 2.45) is 11.7 Å². The van der Waals surface area contributed by atoms with E-state index in [9.17, 15) is 9.59 Å². The molecule has 2 aliphatic rings. The Labute approximate surface area is 118 Å². The second kappa shape index (κ2) is 6.13. The summed E-state index contributed by atoms with van der Waals surface area (Å²) < 4.78 is 0. The molecule has 0 spiro atoms. The Bertz CT molecular complexity index is 364. The fraction of sp³-hybridized carbons (Fsp3) is 0.846. The standard InChI is InChI=1S/C13H23N3O2S/c1-3-12(17)16-8-19-7-11(16)13(18)15-6-10(5-14)4-9(15)2/h9-11H,3-8,14H2,1-2H3. The minimum atomic E-state index is -0.267. The number of nitrogens with two attached hydrogens (primary N) is 1. The summed E-state index contributed by atoms with van der Waals surface area (Å²) in [6.07, 6.45) is 1.44. The van der Waals surface area contributed by atoms with Crippen molar-refractivity contribution in [3.8, 4) is 0 Å². The molecule has 0 aromatic rings. The van der Waals surface area contributed by atoms with Crippen molar-refractivity contribution in [1.29, 1.82) is 0 Å². The van der Waals surface area contributed by atoms with Crippen LogP contribution < -0.4 is 5.73 Å². The normalized spacial score (nSPS) is 31.0. The SMILES string of the molecule is CCC(=O)N1CSCC1C(=O)N1CC(CN)CC1C. The molecule has 2 aliphatic heterocycles. The minimum Gasteiger partial charge on any atom is -0.338 e. The van der Waals surface area contributed by atoms with Gasteiger partial charge in [0.25, 0.3) is 0 Å². The van der Waals surface area contributed by atoms with Crippen LogP contribution in [0.5, 0.6) is 0 Å². The zero-order valence-electron chi connectivity index (χ0n) is 11.7. The maximum atomic E-state index is 12.6. The number of nitrogens with zero attached hydrogens (tertiary/aromatic N) is 2. The van der Waals surface area contributed by atoms with E-state index < -0.39 is 0 Å². The smallest absolute Gasteiger partial charge is 0.246 e. The van der Waals surface area contributed by atoms with Gasteiger partial charge in [0.1, 0.15) is 6.04 Å². The third-order valence-electron chi connectivity index (χ3n) is 4.07. The van der Waals surface area contributed by atoms with Gasteiger partial charge in [-0.15, -0.1) is 11.8 Å².